The molecule has 39 heavy (non-hydrogen) atoms. The van der Waals surface area contributed by atoms with E-state index in [0.29, 0.717) is 0 Å². The Morgan fingerprint density at radius 1 is 1.31 bits per heavy atom. The summed E-state index contributed by atoms with van der Waals surface area (Å²) < 4.78 is 42.2. The molecule has 1 fully saturated rings. The molecule has 0 saturated carbocycles. The van der Waals surface area contributed by atoms with Crippen molar-refractivity contribution in [3.8, 4) is 5.75 Å². The van der Waals surface area contributed by atoms with Crippen LogP contribution in [0.1, 0.15) is 27.0 Å². The van der Waals surface area contributed by atoms with E-state index in [9.17, 15) is 24.1 Å². The van der Waals surface area contributed by atoms with Gasteiger partial charge in [0.1, 0.15) is 30.5 Å². The van der Waals surface area contributed by atoms with Crippen molar-refractivity contribution < 1.29 is 37.7 Å². The number of rotatable bonds is 12. The second kappa shape index (κ2) is 12.6. The summed E-state index contributed by atoms with van der Waals surface area (Å²) in [5, 5.41) is 17.1. The number of azide groups is 1. The lowest BCUT2D eigenvalue weighted by atomic mass is 10.1. The number of hydrogen-bond donors (Lipinski definition) is 3. The Kier molecular flexibility index (Phi) is 9.69. The van der Waals surface area contributed by atoms with Crippen LogP contribution in [0.15, 0.2) is 57.3 Å². The van der Waals surface area contributed by atoms with Crippen LogP contribution in [0.2, 0.25) is 0 Å². The number of para-hydroxylation sites is 1. The fraction of sp³-hybridized carbons (Fsp3) is 0.500. The highest BCUT2D eigenvalue weighted by molar-refractivity contribution is 7.52. The van der Waals surface area contributed by atoms with Crippen molar-refractivity contribution in [2.75, 3.05) is 13.7 Å². The average Bonchev–Trinajstić information content (AvgIpc) is 3.15. The highest BCUT2D eigenvalue weighted by Gasteiger charge is 2.57. The Morgan fingerprint density at radius 2 is 2.00 bits per heavy atom. The van der Waals surface area contributed by atoms with Gasteiger partial charge in [-0.1, -0.05) is 23.3 Å². The number of nitrogens with zero attached hydrogens (tertiary/aromatic N) is 4. The zero-order valence-electron chi connectivity index (χ0n) is 21.5. The number of benzene rings is 1. The summed E-state index contributed by atoms with van der Waals surface area (Å²) >= 11 is 0. The van der Waals surface area contributed by atoms with Gasteiger partial charge in [0.05, 0.1) is 6.10 Å². The van der Waals surface area contributed by atoms with Crippen LogP contribution in [0, 0.1) is 0 Å². The van der Waals surface area contributed by atoms with Gasteiger partial charge in [-0.2, -0.15) is 5.09 Å². The highest BCUT2D eigenvalue weighted by atomic mass is 31.2. The van der Waals surface area contributed by atoms with Gasteiger partial charge in [-0.05, 0) is 38.4 Å². The minimum absolute atomic E-state index is 0.127. The number of aromatic amines is 1. The van der Waals surface area contributed by atoms with Crippen LogP contribution in [-0.2, 0) is 28.1 Å². The maximum absolute atomic E-state index is 13.8. The maximum atomic E-state index is 13.8. The maximum Gasteiger partial charge on any atom is 0.459 e. The molecular weight excluding hydrogens is 539 g/mol. The number of aliphatic hydroxyl groups excluding tert-OH is 1. The summed E-state index contributed by atoms with van der Waals surface area (Å²) in [6, 6.07) is 6.36. The van der Waals surface area contributed by atoms with E-state index < -0.39 is 67.9 Å². The zero-order chi connectivity index (χ0) is 28.8. The molecule has 0 amide bonds. The topological polar surface area (TPSA) is 216 Å². The molecule has 0 radical (unpaired) electrons. The quantitative estimate of drug-likeness (QED) is 0.110. The number of ether oxygens (including phenoxy) is 3. The predicted molar refractivity (Wildman–Crippen MR) is 135 cm³/mol. The summed E-state index contributed by atoms with van der Waals surface area (Å²) in [6.45, 7) is 3.89. The molecule has 6 atom stereocenters. The largest absolute Gasteiger partial charge is 0.462 e. The van der Waals surface area contributed by atoms with E-state index in [1.165, 1.54) is 19.1 Å². The molecule has 1 aromatic heterocycles. The van der Waals surface area contributed by atoms with Crippen molar-refractivity contribution in [3.63, 3.8) is 0 Å². The summed E-state index contributed by atoms with van der Waals surface area (Å²) in [7, 11) is -3.28. The van der Waals surface area contributed by atoms with Gasteiger partial charge in [0.25, 0.3) is 5.56 Å². The zero-order valence-corrected chi connectivity index (χ0v) is 22.4. The number of aromatic nitrogens is 2. The SMILES string of the molecule is CO[C@]1(COP(=O)(N[C@H](C)C(=O)OC(C)C)Oc2ccccc2)OC(n2ccc(=O)[nH]c2=O)[C@H](N=[N+]=[N-])[C@@H]1O. The summed E-state index contributed by atoms with van der Waals surface area (Å²) in [6.07, 6.45) is -2.57. The van der Waals surface area contributed by atoms with Gasteiger partial charge in [0.2, 0.25) is 5.79 Å². The van der Waals surface area contributed by atoms with E-state index >= 15 is 0 Å². The normalized spacial score (nSPS) is 24.9. The second-order valence-corrected chi connectivity index (χ2v) is 10.4. The lowest BCUT2D eigenvalue weighted by molar-refractivity contribution is -0.266. The number of H-pyrrole nitrogens is 1. The first-order valence-corrected chi connectivity index (χ1v) is 13.2. The Labute approximate surface area is 222 Å². The minimum atomic E-state index is -4.41. The third-order valence-corrected chi connectivity index (χ3v) is 7.13. The van der Waals surface area contributed by atoms with E-state index in [-0.39, 0.29) is 5.75 Å². The fourth-order valence-electron chi connectivity index (χ4n) is 3.65. The third-order valence-electron chi connectivity index (χ3n) is 5.50. The lowest BCUT2D eigenvalue weighted by Gasteiger charge is -2.32. The Morgan fingerprint density at radius 3 is 2.59 bits per heavy atom. The highest BCUT2D eigenvalue weighted by Crippen LogP contribution is 2.48. The van der Waals surface area contributed by atoms with Gasteiger partial charge in [0, 0.05) is 24.3 Å². The first kappa shape index (κ1) is 30.1. The molecule has 0 aliphatic carbocycles. The molecule has 1 saturated heterocycles. The number of aliphatic hydroxyl groups is 1. The van der Waals surface area contributed by atoms with Crippen LogP contribution >= 0.6 is 7.75 Å². The van der Waals surface area contributed by atoms with Crippen LogP contribution in [0.5, 0.6) is 5.75 Å². The molecule has 3 rings (SSSR count). The minimum Gasteiger partial charge on any atom is -0.462 e. The molecule has 16 nitrogen and oxygen atoms in total. The molecule has 17 heteroatoms. The summed E-state index contributed by atoms with van der Waals surface area (Å²) in [5.41, 5.74) is 7.46. The Balaban J connectivity index is 1.92. The summed E-state index contributed by atoms with van der Waals surface area (Å²) in [5.74, 6) is -2.75. The molecule has 2 aromatic rings. The first-order chi connectivity index (χ1) is 18.4. The standard InChI is InChI=1S/C22H29N6O10P/c1-13(2)36-20(31)14(3)26-39(33,38-15-8-6-5-7-9-15)35-12-22(34-4)18(30)17(25-27-23)19(37-22)28-11-10-16(29)24-21(28)32/h5-11,13-14,17-19,30H,12H2,1-4H3,(H,26,33)(H,24,29,32)/t14-,17-,18+,19?,22-,39?/m1/s1. The molecule has 212 valence electrons. The van der Waals surface area contributed by atoms with Gasteiger partial charge in [-0.15, -0.1) is 0 Å². The van der Waals surface area contributed by atoms with E-state index in [4.69, 9.17) is 28.8 Å². The average molecular weight is 568 g/mol. The smallest absolute Gasteiger partial charge is 0.459 e. The molecule has 1 aliphatic heterocycles. The van der Waals surface area contributed by atoms with E-state index in [1.807, 2.05) is 4.98 Å². The fourth-order valence-corrected chi connectivity index (χ4v) is 5.15. The Hall–Kier alpha value is -3.49. The van der Waals surface area contributed by atoms with Crippen molar-refractivity contribution >= 4 is 13.7 Å². The van der Waals surface area contributed by atoms with Gasteiger partial charge >= 0.3 is 19.4 Å². The van der Waals surface area contributed by atoms with Gasteiger partial charge in [-0.3, -0.25) is 23.7 Å². The van der Waals surface area contributed by atoms with Gasteiger partial charge in [0.15, 0.2) is 6.23 Å². The third kappa shape index (κ3) is 7.13. The van der Waals surface area contributed by atoms with Gasteiger partial charge in [-0.25, -0.2) is 9.36 Å². The number of carbonyl (C=O) groups is 1. The Bertz CT molecular complexity index is 1360. The number of nitrogens with one attached hydrogen (secondary N) is 2. The molecule has 2 unspecified atom stereocenters. The molecule has 2 heterocycles. The van der Waals surface area contributed by atoms with E-state index in [1.54, 1.807) is 32.0 Å². The van der Waals surface area contributed by atoms with Crippen molar-refractivity contribution in [1.29, 1.82) is 0 Å². The number of carbonyl (C=O) groups excluding carboxylic acids is 1. The van der Waals surface area contributed by atoms with Crippen LogP contribution in [0.3, 0.4) is 0 Å². The van der Waals surface area contributed by atoms with Crippen molar-refractivity contribution in [2.24, 2.45) is 5.11 Å². The summed E-state index contributed by atoms with van der Waals surface area (Å²) in [4.78, 5) is 41.0. The molecule has 3 N–H and O–H groups in total. The number of methoxy groups -OCH3 is 1. The molecule has 0 spiro atoms. The first-order valence-electron chi connectivity index (χ1n) is 11.7. The van der Waals surface area contributed by atoms with Crippen molar-refractivity contribution in [3.05, 3.63) is 73.9 Å². The molecular formula is C22H29N6O10P. The number of esters is 1. The van der Waals surface area contributed by atoms with E-state index in [0.717, 1.165) is 23.9 Å². The monoisotopic (exact) mass is 568 g/mol. The van der Waals surface area contributed by atoms with Crippen molar-refractivity contribution in [2.45, 2.75) is 57.1 Å². The number of hydrogen-bond acceptors (Lipinski definition) is 11. The molecule has 1 aliphatic rings. The van der Waals surface area contributed by atoms with E-state index in [2.05, 4.69) is 15.1 Å². The van der Waals surface area contributed by atoms with Crippen LogP contribution in [0.25, 0.3) is 10.4 Å². The van der Waals surface area contributed by atoms with Crippen LogP contribution in [0.4, 0.5) is 0 Å². The molecule has 1 aromatic carbocycles. The second-order valence-electron chi connectivity index (χ2n) is 8.69. The lowest BCUT2D eigenvalue weighted by Crippen LogP contribution is -2.48. The van der Waals surface area contributed by atoms with Crippen molar-refractivity contribution in [1.82, 2.24) is 14.6 Å². The predicted octanol–water partition coefficient (Wildman–Crippen LogP) is 1.58. The van der Waals surface area contributed by atoms with Crippen LogP contribution < -0.4 is 20.9 Å². The van der Waals surface area contributed by atoms with Crippen LogP contribution in [-0.4, -0.2) is 64.4 Å². The molecule has 0 bridgehead atoms. The van der Waals surface area contributed by atoms with Gasteiger partial charge < -0.3 is 23.8 Å².